The summed E-state index contributed by atoms with van der Waals surface area (Å²) < 4.78 is 15.7. The molecule has 2 atom stereocenters. The molecule has 0 aromatic rings. The van der Waals surface area contributed by atoms with Crippen molar-refractivity contribution in [1.29, 1.82) is 0 Å². The molecule has 21 heavy (non-hydrogen) atoms. The first-order valence-corrected chi connectivity index (χ1v) is 8.11. The smallest absolute Gasteiger partial charge is 0.326 e. The maximum absolute atomic E-state index is 12.3. The highest BCUT2D eigenvalue weighted by atomic mass is 16.5. The quantitative estimate of drug-likeness (QED) is 0.468. The SMILES string of the molecule is CCCNC1(C(=O)OC)CCCC1CCOCCCOC. The van der Waals surface area contributed by atoms with E-state index < -0.39 is 5.54 Å². The number of hydrogen-bond acceptors (Lipinski definition) is 5. The van der Waals surface area contributed by atoms with Gasteiger partial charge in [0.2, 0.25) is 0 Å². The molecule has 1 fully saturated rings. The molecule has 0 saturated heterocycles. The van der Waals surface area contributed by atoms with Crippen molar-refractivity contribution in [3.63, 3.8) is 0 Å². The average Bonchev–Trinajstić information content (AvgIpc) is 2.92. The molecule has 0 amide bonds. The molecule has 124 valence electrons. The zero-order valence-electron chi connectivity index (χ0n) is 13.8. The summed E-state index contributed by atoms with van der Waals surface area (Å²) in [5.41, 5.74) is -0.499. The normalized spacial score (nSPS) is 25.2. The molecule has 2 unspecified atom stereocenters. The van der Waals surface area contributed by atoms with Crippen LogP contribution < -0.4 is 5.32 Å². The molecular weight excluding hydrogens is 270 g/mol. The van der Waals surface area contributed by atoms with Crippen molar-refractivity contribution in [1.82, 2.24) is 5.32 Å². The fourth-order valence-electron chi connectivity index (χ4n) is 3.21. The van der Waals surface area contributed by atoms with E-state index in [9.17, 15) is 4.79 Å². The molecule has 0 spiro atoms. The lowest BCUT2D eigenvalue weighted by Gasteiger charge is -2.34. The van der Waals surface area contributed by atoms with Gasteiger partial charge >= 0.3 is 5.97 Å². The van der Waals surface area contributed by atoms with Crippen LogP contribution in [0, 0.1) is 5.92 Å². The first-order valence-electron chi connectivity index (χ1n) is 8.11. The Morgan fingerprint density at radius 3 is 2.76 bits per heavy atom. The van der Waals surface area contributed by atoms with Gasteiger partial charge in [-0.15, -0.1) is 0 Å². The van der Waals surface area contributed by atoms with E-state index in [0.717, 1.165) is 51.7 Å². The Bertz CT molecular complexity index is 298. The van der Waals surface area contributed by atoms with Gasteiger partial charge in [0, 0.05) is 26.9 Å². The van der Waals surface area contributed by atoms with Crippen molar-refractivity contribution in [2.75, 3.05) is 40.6 Å². The van der Waals surface area contributed by atoms with E-state index in [2.05, 4.69) is 12.2 Å². The molecule has 0 aromatic carbocycles. The fourth-order valence-corrected chi connectivity index (χ4v) is 3.21. The summed E-state index contributed by atoms with van der Waals surface area (Å²) in [7, 11) is 3.18. The maximum Gasteiger partial charge on any atom is 0.326 e. The Morgan fingerprint density at radius 1 is 1.29 bits per heavy atom. The van der Waals surface area contributed by atoms with Crippen LogP contribution in [0.5, 0.6) is 0 Å². The van der Waals surface area contributed by atoms with E-state index in [1.54, 1.807) is 7.11 Å². The van der Waals surface area contributed by atoms with Crippen LogP contribution in [-0.4, -0.2) is 52.1 Å². The molecule has 1 N–H and O–H groups in total. The van der Waals surface area contributed by atoms with E-state index in [1.165, 1.54) is 7.11 Å². The number of carbonyl (C=O) groups excluding carboxylic acids is 1. The zero-order chi connectivity index (χ0) is 15.6. The van der Waals surface area contributed by atoms with Crippen molar-refractivity contribution < 1.29 is 19.0 Å². The van der Waals surface area contributed by atoms with Crippen LogP contribution in [0.15, 0.2) is 0 Å². The Kier molecular flexibility index (Phi) is 8.88. The van der Waals surface area contributed by atoms with E-state index in [-0.39, 0.29) is 5.97 Å². The predicted octanol–water partition coefficient (Wildman–Crippen LogP) is 2.14. The Balaban J connectivity index is 2.47. The van der Waals surface area contributed by atoms with Crippen molar-refractivity contribution >= 4 is 5.97 Å². The van der Waals surface area contributed by atoms with E-state index in [0.29, 0.717) is 19.1 Å². The molecule has 0 bridgehead atoms. The topological polar surface area (TPSA) is 56.8 Å². The summed E-state index contributed by atoms with van der Waals surface area (Å²) in [4.78, 5) is 12.3. The molecule has 5 heteroatoms. The van der Waals surface area contributed by atoms with Gasteiger partial charge < -0.3 is 19.5 Å². The molecule has 0 heterocycles. The lowest BCUT2D eigenvalue weighted by molar-refractivity contribution is -0.150. The van der Waals surface area contributed by atoms with Gasteiger partial charge in [0.1, 0.15) is 5.54 Å². The lowest BCUT2D eigenvalue weighted by atomic mass is 9.84. The third-order valence-corrected chi connectivity index (χ3v) is 4.31. The standard InChI is InChI=1S/C16H31NO4/c1-4-10-17-16(15(18)20-3)9-5-7-14(16)8-13-21-12-6-11-19-2/h14,17H,4-13H2,1-3H3. The van der Waals surface area contributed by atoms with E-state index in [4.69, 9.17) is 14.2 Å². The summed E-state index contributed by atoms with van der Waals surface area (Å²) in [6.45, 7) is 5.10. The molecule has 0 radical (unpaired) electrons. The Morgan fingerprint density at radius 2 is 2.10 bits per heavy atom. The second-order valence-electron chi connectivity index (χ2n) is 5.73. The van der Waals surface area contributed by atoms with Crippen LogP contribution in [0.1, 0.15) is 45.4 Å². The number of rotatable bonds is 11. The van der Waals surface area contributed by atoms with Gasteiger partial charge in [-0.3, -0.25) is 4.79 Å². The Labute approximate surface area is 128 Å². The second kappa shape index (κ2) is 10.1. The predicted molar refractivity (Wildman–Crippen MR) is 82.3 cm³/mol. The molecule has 1 aliphatic rings. The van der Waals surface area contributed by atoms with E-state index >= 15 is 0 Å². The Hall–Kier alpha value is -0.650. The number of methoxy groups -OCH3 is 2. The van der Waals surface area contributed by atoms with Crippen molar-refractivity contribution in [3.8, 4) is 0 Å². The highest BCUT2D eigenvalue weighted by Crippen LogP contribution is 2.39. The third-order valence-electron chi connectivity index (χ3n) is 4.31. The minimum absolute atomic E-state index is 0.113. The summed E-state index contributed by atoms with van der Waals surface area (Å²) in [6.07, 6.45) is 5.83. The van der Waals surface area contributed by atoms with Gasteiger partial charge in [-0.2, -0.15) is 0 Å². The summed E-state index contributed by atoms with van der Waals surface area (Å²) in [6, 6.07) is 0. The molecule has 0 aliphatic heterocycles. The molecule has 1 rings (SSSR count). The summed E-state index contributed by atoms with van der Waals surface area (Å²) in [5.74, 6) is 0.191. The monoisotopic (exact) mass is 301 g/mol. The molecular formula is C16H31NO4. The van der Waals surface area contributed by atoms with Crippen molar-refractivity contribution in [3.05, 3.63) is 0 Å². The maximum atomic E-state index is 12.3. The summed E-state index contributed by atoms with van der Waals surface area (Å²) in [5, 5.41) is 3.46. The van der Waals surface area contributed by atoms with Crippen LogP contribution in [0.4, 0.5) is 0 Å². The number of carbonyl (C=O) groups is 1. The van der Waals surface area contributed by atoms with Gasteiger partial charge in [0.05, 0.1) is 7.11 Å². The molecule has 5 nitrogen and oxygen atoms in total. The lowest BCUT2D eigenvalue weighted by Crippen LogP contribution is -2.55. The van der Waals surface area contributed by atoms with Gasteiger partial charge in [-0.05, 0) is 44.6 Å². The summed E-state index contributed by atoms with van der Waals surface area (Å²) >= 11 is 0. The van der Waals surface area contributed by atoms with Gasteiger partial charge in [0.25, 0.3) is 0 Å². The van der Waals surface area contributed by atoms with Crippen LogP contribution in [-0.2, 0) is 19.0 Å². The highest BCUT2D eigenvalue weighted by molar-refractivity contribution is 5.81. The second-order valence-corrected chi connectivity index (χ2v) is 5.73. The largest absolute Gasteiger partial charge is 0.468 e. The van der Waals surface area contributed by atoms with Crippen LogP contribution in [0.3, 0.4) is 0 Å². The van der Waals surface area contributed by atoms with Crippen LogP contribution in [0.25, 0.3) is 0 Å². The van der Waals surface area contributed by atoms with E-state index in [1.807, 2.05) is 0 Å². The van der Waals surface area contributed by atoms with Gasteiger partial charge in [-0.1, -0.05) is 13.3 Å². The molecule has 1 saturated carbocycles. The van der Waals surface area contributed by atoms with Crippen molar-refractivity contribution in [2.24, 2.45) is 5.92 Å². The molecule has 0 aromatic heterocycles. The number of nitrogens with one attached hydrogen (secondary N) is 1. The van der Waals surface area contributed by atoms with Gasteiger partial charge in [-0.25, -0.2) is 0 Å². The zero-order valence-corrected chi connectivity index (χ0v) is 13.8. The van der Waals surface area contributed by atoms with Crippen LogP contribution in [0.2, 0.25) is 0 Å². The fraction of sp³-hybridized carbons (Fsp3) is 0.938. The van der Waals surface area contributed by atoms with Gasteiger partial charge in [0.15, 0.2) is 0 Å². The van der Waals surface area contributed by atoms with Crippen molar-refractivity contribution in [2.45, 2.75) is 51.0 Å². The minimum Gasteiger partial charge on any atom is -0.468 e. The minimum atomic E-state index is -0.499. The highest BCUT2D eigenvalue weighted by Gasteiger charge is 2.49. The number of ether oxygens (including phenoxy) is 3. The number of esters is 1. The van der Waals surface area contributed by atoms with Crippen LogP contribution >= 0.6 is 0 Å². The third kappa shape index (κ3) is 5.24. The first-order chi connectivity index (χ1) is 10.2. The molecule has 1 aliphatic carbocycles. The average molecular weight is 301 g/mol. The number of hydrogen-bond donors (Lipinski definition) is 1. The first kappa shape index (κ1) is 18.4.